The van der Waals surface area contributed by atoms with Crippen LogP contribution >= 0.6 is 23.4 Å². The lowest BCUT2D eigenvalue weighted by atomic mass is 9.86. The fraction of sp³-hybridized carbons (Fsp3) is 0.412. The summed E-state index contributed by atoms with van der Waals surface area (Å²) in [5, 5.41) is 3.79. The van der Waals surface area contributed by atoms with Crippen LogP contribution in [-0.4, -0.2) is 28.4 Å². The smallest absolute Gasteiger partial charge is 0.256 e. The van der Waals surface area contributed by atoms with Gasteiger partial charge in [-0.2, -0.15) is 4.99 Å². The second-order valence-corrected chi connectivity index (χ2v) is 7.28. The fourth-order valence-electron chi connectivity index (χ4n) is 2.78. The van der Waals surface area contributed by atoms with Gasteiger partial charge in [-0.15, -0.1) is 0 Å². The number of fused-ring (bicyclic) bond motifs is 1. The lowest BCUT2D eigenvalue weighted by molar-refractivity contribution is -0.120. The van der Waals surface area contributed by atoms with Gasteiger partial charge in [0.05, 0.1) is 11.7 Å². The predicted octanol–water partition coefficient (Wildman–Crippen LogP) is 3.85. The first-order chi connectivity index (χ1) is 11.5. The maximum atomic E-state index is 12.1. The number of nitrogens with one attached hydrogen (secondary N) is 1. The van der Waals surface area contributed by atoms with Gasteiger partial charge in [-0.3, -0.25) is 9.59 Å². The Balaban J connectivity index is 1.57. The van der Waals surface area contributed by atoms with Crippen LogP contribution in [0.3, 0.4) is 0 Å². The lowest BCUT2D eigenvalue weighted by Gasteiger charge is -2.24. The van der Waals surface area contributed by atoms with Gasteiger partial charge < -0.3 is 5.32 Å². The first-order valence-corrected chi connectivity index (χ1v) is 9.28. The number of hydrogen-bond donors (Lipinski definition) is 1. The molecule has 1 saturated carbocycles. The Morgan fingerprint density at radius 3 is 3.00 bits per heavy atom. The van der Waals surface area contributed by atoms with Crippen molar-refractivity contribution in [2.24, 2.45) is 15.9 Å². The number of carbonyl (C=O) groups excluding carboxylic acids is 2. The van der Waals surface area contributed by atoms with Crippen LogP contribution in [0.25, 0.3) is 0 Å². The molecule has 0 spiro atoms. The van der Waals surface area contributed by atoms with E-state index in [0.717, 1.165) is 37.0 Å². The normalized spacial score (nSPS) is 20.1. The highest BCUT2D eigenvalue weighted by Crippen LogP contribution is 2.27. The van der Waals surface area contributed by atoms with Gasteiger partial charge in [-0.1, -0.05) is 35.9 Å². The maximum absolute atomic E-state index is 12.1. The number of benzene rings is 1. The van der Waals surface area contributed by atoms with Gasteiger partial charge in [0.2, 0.25) is 5.91 Å². The van der Waals surface area contributed by atoms with Gasteiger partial charge >= 0.3 is 0 Å². The van der Waals surface area contributed by atoms with E-state index >= 15 is 0 Å². The summed E-state index contributed by atoms with van der Waals surface area (Å²) in [6, 6.07) is 5.37. The molecule has 1 heterocycles. The minimum absolute atomic E-state index is 0.118. The Kier molecular flexibility index (Phi) is 5.36. The van der Waals surface area contributed by atoms with Crippen LogP contribution in [0, 0.1) is 12.8 Å². The van der Waals surface area contributed by atoms with Crippen molar-refractivity contribution < 1.29 is 9.59 Å². The summed E-state index contributed by atoms with van der Waals surface area (Å²) in [6.45, 7) is 1.90. The molecule has 1 aromatic rings. The fourth-order valence-corrected chi connectivity index (χ4v) is 3.63. The van der Waals surface area contributed by atoms with Crippen LogP contribution in [-0.2, 0) is 9.59 Å². The molecule has 1 N–H and O–H groups in total. The van der Waals surface area contributed by atoms with E-state index in [2.05, 4.69) is 15.3 Å². The number of hydrogen-bond acceptors (Lipinski definition) is 4. The van der Waals surface area contributed by atoms with Crippen LogP contribution in [0.5, 0.6) is 0 Å². The van der Waals surface area contributed by atoms with Crippen molar-refractivity contribution >= 4 is 51.7 Å². The molecule has 2 aliphatic rings. The van der Waals surface area contributed by atoms with Gasteiger partial charge in [0, 0.05) is 16.4 Å². The number of carbonyl (C=O) groups is 2. The van der Waals surface area contributed by atoms with Crippen molar-refractivity contribution in [2.45, 2.75) is 32.6 Å². The number of nitrogens with zero attached hydrogens (tertiary/aromatic N) is 2. The van der Waals surface area contributed by atoms with Crippen molar-refractivity contribution in [1.29, 1.82) is 0 Å². The summed E-state index contributed by atoms with van der Waals surface area (Å²) in [6.07, 6.45) is 3.81. The molecule has 0 radical (unpaired) electrons. The van der Waals surface area contributed by atoms with E-state index in [4.69, 9.17) is 11.6 Å². The van der Waals surface area contributed by atoms with Gasteiger partial charge in [-0.25, -0.2) is 4.99 Å². The third-order valence-electron chi connectivity index (χ3n) is 4.11. The Morgan fingerprint density at radius 1 is 1.38 bits per heavy atom. The Bertz CT molecular complexity index is 745. The molecule has 1 aromatic carbocycles. The molecule has 0 saturated heterocycles. The van der Waals surface area contributed by atoms with Crippen molar-refractivity contribution in [2.75, 3.05) is 11.1 Å². The third-order valence-corrected chi connectivity index (χ3v) is 5.36. The van der Waals surface area contributed by atoms with Gasteiger partial charge in [0.1, 0.15) is 0 Å². The quantitative estimate of drug-likeness (QED) is 0.886. The van der Waals surface area contributed by atoms with Gasteiger partial charge in [0.15, 0.2) is 5.17 Å². The average Bonchev–Trinajstić information content (AvgIpc) is 2.56. The van der Waals surface area contributed by atoms with Crippen molar-refractivity contribution in [3.8, 4) is 0 Å². The number of aryl methyl sites for hydroxylation is 1. The minimum atomic E-state index is -0.180. The molecule has 0 bridgehead atoms. The standard InChI is InChI=1S/C17H18ClN3O2S/c1-10-6-7-11(8-13(10)18)19-15(22)9-24-17-20-14-5-3-2-4-12(14)16(23)21-17/h6-8,12H,2-5,9H2,1H3,(H,19,22). The average molecular weight is 364 g/mol. The molecule has 24 heavy (non-hydrogen) atoms. The van der Waals surface area contributed by atoms with Crippen LogP contribution < -0.4 is 5.32 Å². The molecule has 5 nitrogen and oxygen atoms in total. The predicted molar refractivity (Wildman–Crippen MR) is 99.1 cm³/mol. The van der Waals surface area contributed by atoms with Crippen LogP contribution in [0.2, 0.25) is 5.02 Å². The van der Waals surface area contributed by atoms with E-state index in [1.807, 2.05) is 13.0 Å². The van der Waals surface area contributed by atoms with Crippen molar-refractivity contribution in [1.82, 2.24) is 0 Å². The number of amidine groups is 1. The monoisotopic (exact) mass is 363 g/mol. The highest BCUT2D eigenvalue weighted by atomic mass is 35.5. The molecule has 1 aliphatic heterocycles. The molecule has 1 unspecified atom stereocenters. The molecular weight excluding hydrogens is 346 g/mol. The number of aliphatic imine (C=N–C) groups is 2. The maximum Gasteiger partial charge on any atom is 0.256 e. The van der Waals surface area contributed by atoms with Crippen LogP contribution in [0.4, 0.5) is 5.69 Å². The minimum Gasteiger partial charge on any atom is -0.325 e. The second kappa shape index (κ2) is 7.49. The lowest BCUT2D eigenvalue weighted by Crippen LogP contribution is -2.30. The van der Waals surface area contributed by atoms with Crippen molar-refractivity contribution in [3.63, 3.8) is 0 Å². The summed E-state index contributed by atoms with van der Waals surface area (Å²) in [4.78, 5) is 32.6. The summed E-state index contributed by atoms with van der Waals surface area (Å²) in [7, 11) is 0. The van der Waals surface area contributed by atoms with Crippen LogP contribution in [0.1, 0.15) is 31.2 Å². The van der Waals surface area contributed by atoms with Gasteiger partial charge in [0.25, 0.3) is 5.91 Å². The zero-order chi connectivity index (χ0) is 17.1. The molecule has 1 aliphatic carbocycles. The zero-order valence-electron chi connectivity index (χ0n) is 13.3. The Morgan fingerprint density at radius 2 is 2.21 bits per heavy atom. The molecule has 3 rings (SSSR count). The van der Waals surface area contributed by atoms with E-state index < -0.39 is 0 Å². The highest BCUT2D eigenvalue weighted by Gasteiger charge is 2.30. The number of halogens is 1. The number of thioether (sulfide) groups is 1. The van der Waals surface area contributed by atoms with E-state index in [0.29, 0.717) is 15.9 Å². The third kappa shape index (κ3) is 4.05. The van der Waals surface area contributed by atoms with Crippen LogP contribution in [0.15, 0.2) is 28.2 Å². The summed E-state index contributed by atoms with van der Waals surface area (Å²) < 4.78 is 0. The molecule has 7 heteroatoms. The topological polar surface area (TPSA) is 70.9 Å². The first-order valence-electron chi connectivity index (χ1n) is 7.92. The van der Waals surface area contributed by atoms with E-state index in [1.165, 1.54) is 11.8 Å². The summed E-state index contributed by atoms with van der Waals surface area (Å²) >= 11 is 7.23. The van der Waals surface area contributed by atoms with E-state index in [9.17, 15) is 9.59 Å². The summed E-state index contributed by atoms with van der Waals surface area (Å²) in [5.74, 6) is -0.278. The second-order valence-electron chi connectivity index (χ2n) is 5.93. The molecule has 2 amide bonds. The molecule has 1 fully saturated rings. The Labute approximate surface area is 150 Å². The number of amides is 2. The number of rotatable bonds is 3. The zero-order valence-corrected chi connectivity index (χ0v) is 14.9. The number of anilines is 1. The SMILES string of the molecule is Cc1ccc(NC(=O)CSC2=NC(=O)C3CCCCC3=N2)cc1Cl. The Hall–Kier alpha value is -1.66. The van der Waals surface area contributed by atoms with E-state index in [-0.39, 0.29) is 23.5 Å². The van der Waals surface area contributed by atoms with Gasteiger partial charge in [-0.05, 0) is 43.9 Å². The molecule has 0 aromatic heterocycles. The van der Waals surface area contributed by atoms with E-state index in [1.54, 1.807) is 12.1 Å². The largest absolute Gasteiger partial charge is 0.325 e. The first kappa shape index (κ1) is 17.2. The molecule has 1 atom stereocenters. The van der Waals surface area contributed by atoms with Crippen molar-refractivity contribution in [3.05, 3.63) is 28.8 Å². The highest BCUT2D eigenvalue weighted by molar-refractivity contribution is 8.14. The summed E-state index contributed by atoms with van der Waals surface area (Å²) in [5.41, 5.74) is 2.53. The molecule has 126 valence electrons. The molecular formula is C17H18ClN3O2S.